The molecule has 0 saturated carbocycles. The number of carbonyl (C=O) groups excluding carboxylic acids is 1. The summed E-state index contributed by atoms with van der Waals surface area (Å²) in [6.45, 7) is 3.53. The average molecular weight is 295 g/mol. The number of nitrogens with two attached hydrogens (primary N) is 1. The Morgan fingerprint density at radius 2 is 2.14 bits per heavy atom. The highest BCUT2D eigenvalue weighted by atomic mass is 16.6. The molecular formula is C13H17N3O5. The number of carbonyl (C=O) groups is 1. The van der Waals surface area contributed by atoms with Crippen LogP contribution in [0.2, 0.25) is 0 Å². The molecule has 3 N–H and O–H groups in total. The highest BCUT2D eigenvalue weighted by Gasteiger charge is 2.22. The van der Waals surface area contributed by atoms with Crippen LogP contribution in [0.3, 0.4) is 0 Å². The first-order valence-corrected chi connectivity index (χ1v) is 6.23. The summed E-state index contributed by atoms with van der Waals surface area (Å²) < 4.78 is 14.6. The molecule has 0 aliphatic carbocycles. The highest BCUT2D eigenvalue weighted by Crippen LogP contribution is 2.07. The lowest BCUT2D eigenvalue weighted by molar-refractivity contribution is -0.138. The van der Waals surface area contributed by atoms with Crippen LogP contribution in [0.5, 0.6) is 0 Å². The van der Waals surface area contributed by atoms with Crippen molar-refractivity contribution in [3.8, 4) is 0 Å². The standard InChI is InChI=1S/C13H17N3O5/c1-3-19-12(17)10(13(18)20-4-2)11(14)16-15-8-9-6-5-7-21-9/h5-8,17H,3-4H2,1-2H3,(H2,14,16)/b12-10?,15-8-. The molecule has 0 aliphatic heterocycles. The first-order chi connectivity index (χ1) is 10.1. The lowest BCUT2D eigenvalue weighted by atomic mass is 10.2. The molecule has 0 spiro atoms. The SMILES string of the molecule is CCOC(=O)C(C(N)=N/N=C\c1ccco1)=C(O)OCC. The summed E-state index contributed by atoms with van der Waals surface area (Å²) in [5.74, 6) is -1.38. The van der Waals surface area contributed by atoms with Crippen LogP contribution < -0.4 is 5.73 Å². The Kier molecular flexibility index (Phi) is 6.52. The van der Waals surface area contributed by atoms with Gasteiger partial charge in [0.2, 0.25) is 0 Å². The fourth-order valence-electron chi connectivity index (χ4n) is 1.28. The summed E-state index contributed by atoms with van der Waals surface area (Å²) in [5, 5.41) is 17.0. The fraction of sp³-hybridized carbons (Fsp3) is 0.308. The molecule has 114 valence electrons. The number of rotatable bonds is 7. The van der Waals surface area contributed by atoms with Gasteiger partial charge in [-0.2, -0.15) is 5.10 Å². The molecule has 1 rings (SSSR count). The zero-order chi connectivity index (χ0) is 15.7. The molecular weight excluding hydrogens is 278 g/mol. The van der Waals surface area contributed by atoms with Crippen molar-refractivity contribution in [2.45, 2.75) is 13.8 Å². The van der Waals surface area contributed by atoms with Crippen molar-refractivity contribution in [3.05, 3.63) is 35.7 Å². The van der Waals surface area contributed by atoms with E-state index in [-0.39, 0.29) is 24.6 Å². The maximum absolute atomic E-state index is 11.7. The number of esters is 1. The van der Waals surface area contributed by atoms with Gasteiger partial charge in [-0.25, -0.2) is 4.79 Å². The molecule has 8 heteroatoms. The topological polar surface area (TPSA) is 120 Å². The van der Waals surface area contributed by atoms with Crippen molar-refractivity contribution in [1.29, 1.82) is 0 Å². The third-order valence-corrected chi connectivity index (χ3v) is 2.12. The summed E-state index contributed by atoms with van der Waals surface area (Å²) in [6.07, 6.45) is 2.77. The van der Waals surface area contributed by atoms with Crippen LogP contribution in [0.15, 0.2) is 44.5 Å². The van der Waals surface area contributed by atoms with Crippen molar-refractivity contribution in [2.75, 3.05) is 13.2 Å². The number of nitrogens with zero attached hydrogens (tertiary/aromatic N) is 2. The Morgan fingerprint density at radius 1 is 1.43 bits per heavy atom. The van der Waals surface area contributed by atoms with Crippen molar-refractivity contribution in [1.82, 2.24) is 0 Å². The minimum Gasteiger partial charge on any atom is -0.480 e. The van der Waals surface area contributed by atoms with Crippen LogP contribution in [0.4, 0.5) is 0 Å². The van der Waals surface area contributed by atoms with Crippen LogP contribution in [0, 0.1) is 0 Å². The molecule has 8 nitrogen and oxygen atoms in total. The van der Waals surface area contributed by atoms with Crippen molar-refractivity contribution in [2.24, 2.45) is 15.9 Å². The predicted molar refractivity (Wildman–Crippen MR) is 75.8 cm³/mol. The molecule has 1 heterocycles. The van der Waals surface area contributed by atoms with E-state index in [1.165, 1.54) is 12.5 Å². The first kappa shape index (κ1) is 16.3. The lowest BCUT2D eigenvalue weighted by Gasteiger charge is -2.08. The van der Waals surface area contributed by atoms with Gasteiger partial charge < -0.3 is 24.7 Å². The van der Waals surface area contributed by atoms with E-state index < -0.39 is 11.9 Å². The second-order valence-corrected chi connectivity index (χ2v) is 3.58. The number of aliphatic hydroxyl groups excluding tert-OH is 1. The fourth-order valence-corrected chi connectivity index (χ4v) is 1.28. The number of furan rings is 1. The monoisotopic (exact) mass is 295 g/mol. The number of hydrogen-bond donors (Lipinski definition) is 2. The Labute approximate surface area is 121 Å². The van der Waals surface area contributed by atoms with Gasteiger partial charge in [-0.15, -0.1) is 5.10 Å². The van der Waals surface area contributed by atoms with E-state index in [9.17, 15) is 9.90 Å². The lowest BCUT2D eigenvalue weighted by Crippen LogP contribution is -2.25. The Hall–Kier alpha value is -2.77. The molecule has 0 atom stereocenters. The van der Waals surface area contributed by atoms with E-state index in [4.69, 9.17) is 19.6 Å². The number of hydrogen-bond acceptors (Lipinski definition) is 7. The summed E-state index contributed by atoms with van der Waals surface area (Å²) >= 11 is 0. The van der Waals surface area contributed by atoms with Gasteiger partial charge in [0.15, 0.2) is 11.4 Å². The largest absolute Gasteiger partial charge is 0.480 e. The second-order valence-electron chi connectivity index (χ2n) is 3.58. The van der Waals surface area contributed by atoms with Gasteiger partial charge >= 0.3 is 5.97 Å². The quantitative estimate of drug-likeness (QED) is 0.195. The van der Waals surface area contributed by atoms with E-state index in [1.54, 1.807) is 26.0 Å². The van der Waals surface area contributed by atoms with E-state index in [2.05, 4.69) is 10.2 Å². The van der Waals surface area contributed by atoms with Crippen LogP contribution >= 0.6 is 0 Å². The predicted octanol–water partition coefficient (Wildman–Crippen LogP) is 1.34. The normalized spacial score (nSPS) is 13.1. The van der Waals surface area contributed by atoms with Gasteiger partial charge in [-0.05, 0) is 26.0 Å². The van der Waals surface area contributed by atoms with E-state index >= 15 is 0 Å². The molecule has 0 fully saturated rings. The van der Waals surface area contributed by atoms with Gasteiger partial charge in [0.25, 0.3) is 5.95 Å². The van der Waals surface area contributed by atoms with E-state index in [0.717, 1.165) is 0 Å². The molecule has 1 aromatic heterocycles. The molecule has 0 bridgehead atoms. The maximum Gasteiger partial charge on any atom is 0.349 e. The van der Waals surface area contributed by atoms with Gasteiger partial charge in [0.05, 0.1) is 25.7 Å². The molecule has 0 radical (unpaired) electrons. The summed E-state index contributed by atoms with van der Waals surface area (Å²) in [5.41, 5.74) is 5.25. The minimum absolute atomic E-state index is 0.116. The zero-order valence-electron chi connectivity index (χ0n) is 11.8. The Bertz CT molecular complexity index is 546. The van der Waals surface area contributed by atoms with Crippen molar-refractivity contribution in [3.63, 3.8) is 0 Å². The first-order valence-electron chi connectivity index (χ1n) is 6.23. The molecule has 1 aromatic rings. The molecule has 0 aliphatic rings. The van der Waals surface area contributed by atoms with E-state index in [1.807, 2.05) is 0 Å². The third kappa shape index (κ3) is 5.01. The molecule has 0 saturated heterocycles. The molecule has 21 heavy (non-hydrogen) atoms. The molecule has 0 amide bonds. The summed E-state index contributed by atoms with van der Waals surface area (Å²) in [6, 6.07) is 3.34. The highest BCUT2D eigenvalue weighted by molar-refractivity contribution is 6.18. The van der Waals surface area contributed by atoms with Gasteiger partial charge in [-0.3, -0.25) is 0 Å². The third-order valence-electron chi connectivity index (χ3n) is 2.12. The summed E-state index contributed by atoms with van der Waals surface area (Å²) in [4.78, 5) is 11.7. The smallest absolute Gasteiger partial charge is 0.349 e. The van der Waals surface area contributed by atoms with E-state index in [0.29, 0.717) is 5.76 Å². The zero-order valence-corrected chi connectivity index (χ0v) is 11.8. The van der Waals surface area contributed by atoms with Crippen LogP contribution in [-0.2, 0) is 14.3 Å². The number of aliphatic hydroxyl groups is 1. The van der Waals surface area contributed by atoms with Gasteiger partial charge in [0, 0.05) is 0 Å². The average Bonchev–Trinajstić information content (AvgIpc) is 2.92. The van der Waals surface area contributed by atoms with Crippen LogP contribution in [0.1, 0.15) is 19.6 Å². The van der Waals surface area contributed by atoms with Crippen LogP contribution in [0.25, 0.3) is 0 Å². The minimum atomic E-state index is -0.849. The Balaban J connectivity index is 2.96. The summed E-state index contributed by atoms with van der Waals surface area (Å²) in [7, 11) is 0. The molecule has 0 unspecified atom stereocenters. The van der Waals surface area contributed by atoms with Gasteiger partial charge in [0.1, 0.15) is 5.76 Å². The maximum atomic E-state index is 11.7. The molecule has 0 aromatic carbocycles. The van der Waals surface area contributed by atoms with Crippen LogP contribution in [-0.4, -0.2) is 36.3 Å². The van der Waals surface area contributed by atoms with Gasteiger partial charge in [-0.1, -0.05) is 0 Å². The van der Waals surface area contributed by atoms with Crippen molar-refractivity contribution < 1.29 is 23.8 Å². The number of amidine groups is 1. The number of ether oxygens (including phenoxy) is 2. The second kappa shape index (κ2) is 8.41. The Morgan fingerprint density at radius 3 is 2.71 bits per heavy atom. The van der Waals surface area contributed by atoms with Crippen molar-refractivity contribution >= 4 is 18.0 Å².